The van der Waals surface area contributed by atoms with E-state index in [2.05, 4.69) is 15.0 Å². The molecule has 0 amide bonds. The third-order valence-corrected chi connectivity index (χ3v) is 3.87. The molecule has 0 spiro atoms. The molecule has 0 bridgehead atoms. The fourth-order valence-corrected chi connectivity index (χ4v) is 2.70. The highest BCUT2D eigenvalue weighted by molar-refractivity contribution is 5.31. The minimum Gasteiger partial charge on any atom is -0.508 e. The first-order valence-electron chi connectivity index (χ1n) is 7.02. The molecular formula is C15H19N3O2. The van der Waals surface area contributed by atoms with Gasteiger partial charge in [-0.25, -0.2) is 0 Å². The van der Waals surface area contributed by atoms with Crippen molar-refractivity contribution in [2.24, 2.45) is 0 Å². The van der Waals surface area contributed by atoms with Crippen LogP contribution in [0, 0.1) is 6.92 Å². The highest BCUT2D eigenvalue weighted by atomic mass is 16.5. The van der Waals surface area contributed by atoms with Crippen molar-refractivity contribution in [3.8, 4) is 5.75 Å². The average molecular weight is 273 g/mol. The number of aromatic hydroxyl groups is 1. The normalized spacial score (nSPS) is 17.4. The van der Waals surface area contributed by atoms with Crippen molar-refractivity contribution in [2.75, 3.05) is 13.1 Å². The molecule has 2 aromatic rings. The maximum atomic E-state index is 9.81. The van der Waals surface area contributed by atoms with Crippen molar-refractivity contribution >= 4 is 0 Å². The number of aryl methyl sites for hydroxylation is 1. The van der Waals surface area contributed by atoms with Crippen molar-refractivity contribution < 1.29 is 9.63 Å². The Morgan fingerprint density at radius 1 is 1.30 bits per heavy atom. The van der Waals surface area contributed by atoms with Gasteiger partial charge in [-0.3, -0.25) is 4.90 Å². The Morgan fingerprint density at radius 3 is 2.70 bits per heavy atom. The lowest BCUT2D eigenvalue weighted by molar-refractivity contribution is 0.186. The van der Waals surface area contributed by atoms with E-state index in [-0.39, 0.29) is 0 Å². The SMILES string of the molecule is Cc1noc(C2CCN(Cc3ccccc3O)CC2)n1. The summed E-state index contributed by atoms with van der Waals surface area (Å²) in [4.78, 5) is 6.68. The smallest absolute Gasteiger partial charge is 0.229 e. The first-order chi connectivity index (χ1) is 9.72. The standard InChI is InChI=1S/C15H19N3O2/c1-11-16-15(20-17-11)12-6-8-18(9-7-12)10-13-4-2-3-5-14(13)19/h2-5,12,19H,6-10H2,1H3. The van der Waals surface area contributed by atoms with E-state index in [1.165, 1.54) is 0 Å². The lowest BCUT2D eigenvalue weighted by Crippen LogP contribution is -2.32. The number of hydrogen-bond acceptors (Lipinski definition) is 5. The zero-order chi connectivity index (χ0) is 13.9. The monoisotopic (exact) mass is 273 g/mol. The molecule has 3 rings (SSSR count). The Hall–Kier alpha value is -1.88. The molecule has 1 aromatic carbocycles. The predicted octanol–water partition coefficient (Wildman–Crippen LogP) is 2.46. The lowest BCUT2D eigenvalue weighted by atomic mass is 9.96. The quantitative estimate of drug-likeness (QED) is 0.930. The maximum absolute atomic E-state index is 9.81. The van der Waals surface area contributed by atoms with Gasteiger partial charge in [0.15, 0.2) is 5.82 Å². The summed E-state index contributed by atoms with van der Waals surface area (Å²) in [7, 11) is 0. The van der Waals surface area contributed by atoms with Crippen LogP contribution >= 0.6 is 0 Å². The second-order valence-corrected chi connectivity index (χ2v) is 5.36. The van der Waals surface area contributed by atoms with Gasteiger partial charge in [-0.1, -0.05) is 23.4 Å². The average Bonchev–Trinajstić information content (AvgIpc) is 2.89. The van der Waals surface area contributed by atoms with Crippen LogP contribution in [0.4, 0.5) is 0 Å². The second kappa shape index (κ2) is 5.63. The van der Waals surface area contributed by atoms with Gasteiger partial charge in [0.2, 0.25) is 5.89 Å². The van der Waals surface area contributed by atoms with Gasteiger partial charge in [0.25, 0.3) is 0 Å². The van der Waals surface area contributed by atoms with Gasteiger partial charge in [0.05, 0.1) is 0 Å². The molecule has 106 valence electrons. The molecule has 1 aromatic heterocycles. The Bertz CT molecular complexity index is 574. The van der Waals surface area contributed by atoms with Crippen molar-refractivity contribution in [2.45, 2.75) is 32.2 Å². The number of phenols is 1. The van der Waals surface area contributed by atoms with E-state index >= 15 is 0 Å². The van der Waals surface area contributed by atoms with E-state index in [0.717, 1.165) is 43.9 Å². The summed E-state index contributed by atoms with van der Waals surface area (Å²) in [5.41, 5.74) is 0.986. The topological polar surface area (TPSA) is 62.4 Å². The zero-order valence-corrected chi connectivity index (χ0v) is 11.6. The van der Waals surface area contributed by atoms with E-state index < -0.39 is 0 Å². The molecule has 0 aliphatic carbocycles. The molecule has 0 radical (unpaired) electrons. The Balaban J connectivity index is 1.58. The summed E-state index contributed by atoms with van der Waals surface area (Å²) in [6.07, 6.45) is 2.05. The summed E-state index contributed by atoms with van der Waals surface area (Å²) in [6.45, 7) is 4.61. The number of phenolic OH excluding ortho intramolecular Hbond substituents is 1. The number of aromatic nitrogens is 2. The third-order valence-electron chi connectivity index (χ3n) is 3.87. The van der Waals surface area contributed by atoms with Crippen LogP contribution < -0.4 is 0 Å². The van der Waals surface area contributed by atoms with E-state index in [0.29, 0.717) is 17.5 Å². The molecule has 2 heterocycles. The van der Waals surface area contributed by atoms with Crippen LogP contribution in [0.2, 0.25) is 0 Å². The number of rotatable bonds is 3. The summed E-state index contributed by atoms with van der Waals surface area (Å²) < 4.78 is 5.26. The minimum atomic E-state index is 0.372. The lowest BCUT2D eigenvalue weighted by Gasteiger charge is -2.30. The van der Waals surface area contributed by atoms with Crippen molar-refractivity contribution in [3.05, 3.63) is 41.5 Å². The van der Waals surface area contributed by atoms with Gasteiger partial charge in [0, 0.05) is 18.0 Å². The maximum Gasteiger partial charge on any atom is 0.229 e. The Labute approximate surface area is 118 Å². The highest BCUT2D eigenvalue weighted by Crippen LogP contribution is 2.28. The predicted molar refractivity (Wildman–Crippen MR) is 74.4 cm³/mol. The van der Waals surface area contributed by atoms with Gasteiger partial charge in [-0.2, -0.15) is 4.98 Å². The Kier molecular flexibility index (Phi) is 3.69. The summed E-state index contributed by atoms with van der Waals surface area (Å²) in [6, 6.07) is 7.53. The largest absolute Gasteiger partial charge is 0.508 e. The van der Waals surface area contributed by atoms with Gasteiger partial charge in [0.1, 0.15) is 5.75 Å². The number of piperidine rings is 1. The molecule has 20 heavy (non-hydrogen) atoms. The zero-order valence-electron chi connectivity index (χ0n) is 11.6. The van der Waals surface area contributed by atoms with Crippen LogP contribution in [-0.2, 0) is 6.54 Å². The molecule has 1 aliphatic rings. The summed E-state index contributed by atoms with van der Waals surface area (Å²) in [5.74, 6) is 2.22. The molecule has 5 heteroatoms. The van der Waals surface area contributed by atoms with Gasteiger partial charge in [-0.05, 0) is 38.9 Å². The Morgan fingerprint density at radius 2 is 2.05 bits per heavy atom. The molecule has 1 saturated heterocycles. The van der Waals surface area contributed by atoms with E-state index in [4.69, 9.17) is 4.52 Å². The number of hydrogen-bond donors (Lipinski definition) is 1. The summed E-state index contributed by atoms with van der Waals surface area (Å²) >= 11 is 0. The van der Waals surface area contributed by atoms with Crippen LogP contribution in [0.5, 0.6) is 5.75 Å². The van der Waals surface area contributed by atoms with Gasteiger partial charge in [-0.15, -0.1) is 0 Å². The molecule has 0 unspecified atom stereocenters. The van der Waals surface area contributed by atoms with Crippen LogP contribution in [0.25, 0.3) is 0 Å². The van der Waals surface area contributed by atoms with Crippen LogP contribution in [0.15, 0.2) is 28.8 Å². The van der Waals surface area contributed by atoms with Crippen molar-refractivity contribution in [1.82, 2.24) is 15.0 Å². The van der Waals surface area contributed by atoms with E-state index in [9.17, 15) is 5.11 Å². The van der Waals surface area contributed by atoms with Crippen molar-refractivity contribution in [3.63, 3.8) is 0 Å². The van der Waals surface area contributed by atoms with Crippen LogP contribution in [-0.4, -0.2) is 33.2 Å². The first kappa shape index (κ1) is 13.1. The number of benzene rings is 1. The van der Waals surface area contributed by atoms with Gasteiger partial charge >= 0.3 is 0 Å². The second-order valence-electron chi connectivity index (χ2n) is 5.36. The van der Waals surface area contributed by atoms with Crippen LogP contribution in [0.1, 0.15) is 36.0 Å². The molecule has 5 nitrogen and oxygen atoms in total. The van der Waals surface area contributed by atoms with Crippen LogP contribution in [0.3, 0.4) is 0 Å². The molecule has 0 atom stereocenters. The fraction of sp³-hybridized carbons (Fsp3) is 0.467. The van der Waals surface area contributed by atoms with E-state index in [1.54, 1.807) is 6.07 Å². The molecular weight excluding hydrogens is 254 g/mol. The van der Waals surface area contributed by atoms with E-state index in [1.807, 2.05) is 25.1 Å². The number of likely N-dealkylation sites (tertiary alicyclic amines) is 1. The number of para-hydroxylation sites is 1. The number of nitrogens with zero attached hydrogens (tertiary/aromatic N) is 3. The fourth-order valence-electron chi connectivity index (χ4n) is 2.70. The summed E-state index contributed by atoms with van der Waals surface area (Å²) in [5, 5.41) is 13.7. The van der Waals surface area contributed by atoms with Gasteiger partial charge < -0.3 is 9.63 Å². The highest BCUT2D eigenvalue weighted by Gasteiger charge is 2.25. The molecule has 1 aliphatic heterocycles. The minimum absolute atomic E-state index is 0.372. The first-order valence-corrected chi connectivity index (χ1v) is 7.02. The third kappa shape index (κ3) is 2.82. The van der Waals surface area contributed by atoms with Crippen molar-refractivity contribution in [1.29, 1.82) is 0 Å². The molecule has 1 N–H and O–H groups in total. The molecule has 1 fully saturated rings. The molecule has 0 saturated carbocycles.